The summed E-state index contributed by atoms with van der Waals surface area (Å²) in [6.45, 7) is 0. The van der Waals surface area contributed by atoms with E-state index in [0.717, 1.165) is 0 Å². The van der Waals surface area contributed by atoms with Crippen LogP contribution in [0.4, 0.5) is 5.82 Å². The fraction of sp³-hybridized carbons (Fsp3) is 0.111. The molecule has 1 aliphatic rings. The van der Waals surface area contributed by atoms with E-state index < -0.39 is 5.97 Å². The zero-order chi connectivity index (χ0) is 11.5. The number of pyridine rings is 1. The van der Waals surface area contributed by atoms with Gasteiger partial charge in [0.1, 0.15) is 5.56 Å². The predicted octanol–water partition coefficient (Wildman–Crippen LogP) is 0.0888. The van der Waals surface area contributed by atoms with Crippen molar-refractivity contribution >= 4 is 11.8 Å². The molecule has 2 heterocycles. The van der Waals surface area contributed by atoms with Gasteiger partial charge in [-0.2, -0.15) is 10.1 Å². The van der Waals surface area contributed by atoms with Gasteiger partial charge in [0.05, 0.1) is 7.11 Å². The van der Waals surface area contributed by atoms with E-state index in [9.17, 15) is 4.79 Å². The lowest BCUT2D eigenvalue weighted by Gasteiger charge is -2.19. The van der Waals surface area contributed by atoms with E-state index in [-0.39, 0.29) is 11.4 Å². The van der Waals surface area contributed by atoms with Gasteiger partial charge in [-0.25, -0.2) is 4.79 Å². The Labute approximate surface area is 91.3 Å². The molecule has 0 amide bonds. The van der Waals surface area contributed by atoms with Crippen LogP contribution in [0.5, 0.6) is 5.88 Å². The number of carbonyl (C=O) groups is 1. The number of aromatic carboxylic acids is 1. The van der Waals surface area contributed by atoms with Gasteiger partial charge in [0, 0.05) is 18.5 Å². The summed E-state index contributed by atoms with van der Waals surface area (Å²) in [7, 11) is 1.47. The summed E-state index contributed by atoms with van der Waals surface area (Å²) in [6, 6.07) is 2.93. The number of rotatable bonds is 3. The second kappa shape index (κ2) is 3.97. The molecule has 1 aromatic rings. The van der Waals surface area contributed by atoms with Crippen molar-refractivity contribution in [3.63, 3.8) is 0 Å². The number of ether oxygens (including phenoxy) is 1. The maximum Gasteiger partial charge on any atom is 0.339 e. The number of carboxylic acid groups (broad SMARTS) is 1. The van der Waals surface area contributed by atoms with E-state index in [0.29, 0.717) is 5.88 Å². The number of hydrogen-bond acceptors (Lipinski definition) is 6. The number of hydrazine groups is 2. The third-order valence-corrected chi connectivity index (χ3v) is 1.99. The molecular formula is C9H10N4O3. The van der Waals surface area contributed by atoms with Crippen LogP contribution in [-0.2, 0) is 0 Å². The van der Waals surface area contributed by atoms with Gasteiger partial charge in [-0.3, -0.25) is 10.9 Å². The first kappa shape index (κ1) is 10.1. The van der Waals surface area contributed by atoms with E-state index in [1.54, 1.807) is 12.4 Å². The SMILES string of the molecule is COc1ccc(C(=O)O)c(N2NC=CN2)n1. The monoisotopic (exact) mass is 222 g/mol. The highest BCUT2D eigenvalue weighted by atomic mass is 16.5. The van der Waals surface area contributed by atoms with Crippen LogP contribution < -0.4 is 20.7 Å². The molecule has 1 aliphatic heterocycles. The fourth-order valence-electron chi connectivity index (χ4n) is 1.27. The summed E-state index contributed by atoms with van der Waals surface area (Å²) in [5, 5.41) is 10.4. The number of carboxylic acids is 1. The van der Waals surface area contributed by atoms with Crippen LogP contribution >= 0.6 is 0 Å². The van der Waals surface area contributed by atoms with E-state index in [1.165, 1.54) is 24.4 Å². The largest absolute Gasteiger partial charge is 0.481 e. The Kier molecular flexibility index (Phi) is 2.50. The lowest BCUT2D eigenvalue weighted by Crippen LogP contribution is -2.39. The molecule has 84 valence electrons. The third-order valence-electron chi connectivity index (χ3n) is 1.99. The Balaban J connectivity index is 2.41. The molecular weight excluding hydrogens is 212 g/mol. The van der Waals surface area contributed by atoms with Crippen LogP contribution in [0.15, 0.2) is 24.5 Å². The minimum Gasteiger partial charge on any atom is -0.481 e. The first-order valence-corrected chi connectivity index (χ1v) is 4.48. The van der Waals surface area contributed by atoms with Gasteiger partial charge < -0.3 is 9.84 Å². The molecule has 0 saturated heterocycles. The molecule has 2 rings (SSSR count). The number of nitrogens with zero attached hydrogens (tertiary/aromatic N) is 2. The molecule has 0 spiro atoms. The summed E-state index contributed by atoms with van der Waals surface area (Å²) in [5.41, 5.74) is 5.63. The second-order valence-electron chi connectivity index (χ2n) is 2.96. The molecule has 7 nitrogen and oxygen atoms in total. The standard InChI is InChI=1S/C9H10N4O3/c1-16-7-3-2-6(9(14)15)8(12-7)13-10-4-5-11-13/h2-5,10-11H,1H3,(H,14,15). The van der Waals surface area contributed by atoms with E-state index >= 15 is 0 Å². The molecule has 0 unspecified atom stereocenters. The lowest BCUT2D eigenvalue weighted by atomic mass is 10.2. The minimum absolute atomic E-state index is 0.0736. The molecule has 7 heteroatoms. The first-order valence-electron chi connectivity index (χ1n) is 4.48. The number of aromatic nitrogens is 1. The van der Waals surface area contributed by atoms with Crippen molar-refractivity contribution in [2.75, 3.05) is 12.2 Å². The van der Waals surface area contributed by atoms with Crippen LogP contribution in [0.2, 0.25) is 0 Å². The fourth-order valence-corrected chi connectivity index (χ4v) is 1.27. The van der Waals surface area contributed by atoms with Gasteiger partial charge in [-0.05, 0) is 6.07 Å². The molecule has 1 aromatic heterocycles. The summed E-state index contributed by atoms with van der Waals surface area (Å²) >= 11 is 0. The highest BCUT2D eigenvalue weighted by molar-refractivity contribution is 5.93. The summed E-state index contributed by atoms with van der Waals surface area (Å²) in [6.07, 6.45) is 3.24. The van der Waals surface area contributed by atoms with Crippen molar-refractivity contribution in [3.05, 3.63) is 30.1 Å². The van der Waals surface area contributed by atoms with E-state index in [1.807, 2.05) is 0 Å². The van der Waals surface area contributed by atoms with Crippen molar-refractivity contribution in [1.82, 2.24) is 15.8 Å². The molecule has 0 bridgehead atoms. The van der Waals surface area contributed by atoms with Crippen LogP contribution in [0.25, 0.3) is 0 Å². The van der Waals surface area contributed by atoms with Gasteiger partial charge >= 0.3 is 5.97 Å². The van der Waals surface area contributed by atoms with Crippen molar-refractivity contribution in [2.24, 2.45) is 0 Å². The average molecular weight is 222 g/mol. The van der Waals surface area contributed by atoms with Crippen molar-refractivity contribution in [3.8, 4) is 5.88 Å². The zero-order valence-corrected chi connectivity index (χ0v) is 8.47. The molecule has 3 N–H and O–H groups in total. The van der Waals surface area contributed by atoms with Crippen LogP contribution in [0, 0.1) is 0 Å². The second-order valence-corrected chi connectivity index (χ2v) is 2.96. The summed E-state index contributed by atoms with van der Waals surface area (Å²) in [4.78, 5) is 15.0. The van der Waals surface area contributed by atoms with Crippen LogP contribution in [0.1, 0.15) is 10.4 Å². The number of anilines is 1. The quantitative estimate of drug-likeness (QED) is 0.668. The number of hydrogen-bond donors (Lipinski definition) is 3. The maximum atomic E-state index is 11.0. The van der Waals surface area contributed by atoms with Crippen molar-refractivity contribution in [1.29, 1.82) is 0 Å². The molecule has 0 aromatic carbocycles. The van der Waals surface area contributed by atoms with Crippen molar-refractivity contribution < 1.29 is 14.6 Å². The molecule has 0 aliphatic carbocycles. The summed E-state index contributed by atoms with van der Waals surface area (Å²) < 4.78 is 4.94. The Morgan fingerprint density at radius 2 is 2.12 bits per heavy atom. The highest BCUT2D eigenvalue weighted by Crippen LogP contribution is 2.20. The predicted molar refractivity (Wildman–Crippen MR) is 55.6 cm³/mol. The Bertz CT molecular complexity index is 438. The smallest absolute Gasteiger partial charge is 0.339 e. The van der Waals surface area contributed by atoms with Gasteiger partial charge in [0.25, 0.3) is 0 Å². The third kappa shape index (κ3) is 1.70. The Hall–Kier alpha value is -2.44. The first-order chi connectivity index (χ1) is 7.72. The molecule has 0 radical (unpaired) electrons. The van der Waals surface area contributed by atoms with Gasteiger partial charge in [-0.1, -0.05) is 0 Å². The zero-order valence-electron chi connectivity index (χ0n) is 8.47. The van der Waals surface area contributed by atoms with Gasteiger partial charge in [0.2, 0.25) is 5.88 Å². The van der Waals surface area contributed by atoms with E-state index in [2.05, 4.69) is 15.8 Å². The minimum atomic E-state index is -1.05. The molecule has 16 heavy (non-hydrogen) atoms. The Morgan fingerprint density at radius 1 is 1.44 bits per heavy atom. The number of methoxy groups -OCH3 is 1. The lowest BCUT2D eigenvalue weighted by molar-refractivity contribution is 0.0697. The Morgan fingerprint density at radius 3 is 2.69 bits per heavy atom. The average Bonchev–Trinajstić information content (AvgIpc) is 2.81. The topological polar surface area (TPSA) is 86.7 Å². The molecule has 0 saturated carbocycles. The molecule has 0 atom stereocenters. The van der Waals surface area contributed by atoms with Crippen molar-refractivity contribution in [2.45, 2.75) is 0 Å². The van der Waals surface area contributed by atoms with E-state index in [4.69, 9.17) is 9.84 Å². The van der Waals surface area contributed by atoms with Gasteiger partial charge in [0.15, 0.2) is 5.82 Å². The highest BCUT2D eigenvalue weighted by Gasteiger charge is 2.19. The van der Waals surface area contributed by atoms with Crippen LogP contribution in [-0.4, -0.2) is 23.2 Å². The summed E-state index contributed by atoms with van der Waals surface area (Å²) in [5.74, 6) is -0.479. The van der Waals surface area contributed by atoms with Gasteiger partial charge in [-0.15, -0.1) is 0 Å². The maximum absolute atomic E-state index is 11.0. The molecule has 0 fully saturated rings. The normalized spacial score (nSPS) is 13.2. The van der Waals surface area contributed by atoms with Crippen LogP contribution in [0.3, 0.4) is 0 Å². The number of nitrogens with one attached hydrogen (secondary N) is 2.